The zero-order chi connectivity index (χ0) is 19.1. The molecule has 0 radical (unpaired) electrons. The number of benzene rings is 2. The second-order valence-corrected chi connectivity index (χ2v) is 6.34. The third-order valence-electron chi connectivity index (χ3n) is 3.75. The van der Waals surface area contributed by atoms with Gasteiger partial charge in [0.1, 0.15) is 5.75 Å². The van der Waals surface area contributed by atoms with Crippen molar-refractivity contribution in [2.24, 2.45) is 0 Å². The van der Waals surface area contributed by atoms with Crippen molar-refractivity contribution < 1.29 is 19.1 Å². The van der Waals surface area contributed by atoms with Gasteiger partial charge in [0.05, 0.1) is 10.7 Å². The first-order valence-electron chi connectivity index (χ1n) is 8.33. The second kappa shape index (κ2) is 9.25. The molecule has 0 aromatic heterocycles. The summed E-state index contributed by atoms with van der Waals surface area (Å²) in [7, 11) is 0. The van der Waals surface area contributed by atoms with Crippen LogP contribution in [-0.2, 0) is 20.7 Å². The number of ether oxygens (including phenoxy) is 2. The van der Waals surface area contributed by atoms with E-state index in [2.05, 4.69) is 12.2 Å². The summed E-state index contributed by atoms with van der Waals surface area (Å²) >= 11 is 6.14. The predicted molar refractivity (Wildman–Crippen MR) is 102 cm³/mol. The SMILES string of the molecule is CCc1ccc(OCC(=O)OCC(=O)Nc2c(C)cc(C)cc2Cl)cc1. The van der Waals surface area contributed by atoms with Gasteiger partial charge in [-0.25, -0.2) is 4.79 Å². The van der Waals surface area contributed by atoms with E-state index in [1.807, 2.05) is 32.0 Å². The van der Waals surface area contributed by atoms with E-state index < -0.39 is 18.5 Å². The van der Waals surface area contributed by atoms with Crippen LogP contribution >= 0.6 is 11.6 Å². The van der Waals surface area contributed by atoms with Crippen molar-refractivity contribution in [3.05, 3.63) is 58.1 Å². The Morgan fingerprint density at radius 2 is 1.77 bits per heavy atom. The van der Waals surface area contributed by atoms with Crippen LogP contribution in [0.2, 0.25) is 5.02 Å². The van der Waals surface area contributed by atoms with Gasteiger partial charge >= 0.3 is 5.97 Å². The molecule has 6 heteroatoms. The van der Waals surface area contributed by atoms with Crippen LogP contribution in [0.5, 0.6) is 5.75 Å². The lowest BCUT2D eigenvalue weighted by Crippen LogP contribution is -2.24. The number of aryl methyl sites for hydroxylation is 3. The van der Waals surface area contributed by atoms with Crippen molar-refractivity contribution in [3.63, 3.8) is 0 Å². The fourth-order valence-corrected chi connectivity index (χ4v) is 2.77. The molecule has 0 aliphatic rings. The molecule has 2 aromatic carbocycles. The Morgan fingerprint density at radius 3 is 2.38 bits per heavy atom. The van der Waals surface area contributed by atoms with E-state index in [0.717, 1.165) is 17.5 Å². The third kappa shape index (κ3) is 5.77. The van der Waals surface area contributed by atoms with Crippen LogP contribution in [0.4, 0.5) is 5.69 Å². The van der Waals surface area contributed by atoms with Crippen molar-refractivity contribution in [2.75, 3.05) is 18.5 Å². The Balaban J connectivity index is 1.78. The monoisotopic (exact) mass is 375 g/mol. The zero-order valence-electron chi connectivity index (χ0n) is 15.1. The molecule has 26 heavy (non-hydrogen) atoms. The van der Waals surface area contributed by atoms with Crippen molar-refractivity contribution in [1.29, 1.82) is 0 Å². The lowest BCUT2D eigenvalue weighted by Gasteiger charge is -2.12. The quantitative estimate of drug-likeness (QED) is 0.740. The summed E-state index contributed by atoms with van der Waals surface area (Å²) in [5.74, 6) is -0.503. The summed E-state index contributed by atoms with van der Waals surface area (Å²) in [4.78, 5) is 23.7. The smallest absolute Gasteiger partial charge is 0.344 e. The van der Waals surface area contributed by atoms with Crippen LogP contribution in [0.25, 0.3) is 0 Å². The van der Waals surface area contributed by atoms with Gasteiger partial charge in [-0.3, -0.25) is 4.79 Å². The standard InChI is InChI=1S/C20H22ClNO4/c1-4-15-5-7-16(8-6-15)25-12-19(24)26-11-18(23)22-20-14(3)9-13(2)10-17(20)21/h5-10H,4,11-12H2,1-3H3,(H,22,23). The molecular formula is C20H22ClNO4. The van der Waals surface area contributed by atoms with Gasteiger partial charge in [-0.05, 0) is 55.2 Å². The Morgan fingerprint density at radius 1 is 1.08 bits per heavy atom. The predicted octanol–water partition coefficient (Wildman–Crippen LogP) is 4.08. The van der Waals surface area contributed by atoms with Crippen LogP contribution in [0.1, 0.15) is 23.6 Å². The number of nitrogens with one attached hydrogen (secondary N) is 1. The lowest BCUT2D eigenvalue weighted by atomic mass is 10.1. The zero-order valence-corrected chi connectivity index (χ0v) is 15.9. The topological polar surface area (TPSA) is 64.6 Å². The van der Waals surface area contributed by atoms with Gasteiger partial charge < -0.3 is 14.8 Å². The van der Waals surface area contributed by atoms with E-state index in [-0.39, 0.29) is 6.61 Å². The molecule has 0 aliphatic heterocycles. The number of amides is 1. The lowest BCUT2D eigenvalue weighted by molar-refractivity contribution is -0.149. The van der Waals surface area contributed by atoms with Gasteiger partial charge in [0, 0.05) is 0 Å². The number of halogens is 1. The molecule has 5 nitrogen and oxygen atoms in total. The highest BCUT2D eigenvalue weighted by atomic mass is 35.5. The fraction of sp³-hybridized carbons (Fsp3) is 0.300. The molecule has 0 bridgehead atoms. The van der Waals surface area contributed by atoms with Crippen LogP contribution in [0.3, 0.4) is 0 Å². The number of carbonyl (C=O) groups is 2. The molecule has 2 aromatic rings. The van der Waals surface area contributed by atoms with Crippen molar-refractivity contribution in [1.82, 2.24) is 0 Å². The molecular weight excluding hydrogens is 354 g/mol. The molecule has 1 N–H and O–H groups in total. The van der Waals surface area contributed by atoms with Crippen molar-refractivity contribution in [3.8, 4) is 5.75 Å². The van der Waals surface area contributed by atoms with E-state index in [1.165, 1.54) is 5.56 Å². The summed E-state index contributed by atoms with van der Waals surface area (Å²) in [6, 6.07) is 11.1. The normalized spacial score (nSPS) is 10.3. The summed E-state index contributed by atoms with van der Waals surface area (Å²) in [6.07, 6.45) is 0.932. The third-order valence-corrected chi connectivity index (χ3v) is 4.05. The summed E-state index contributed by atoms with van der Waals surface area (Å²) in [5, 5.41) is 3.10. The molecule has 0 spiro atoms. The maximum atomic E-state index is 12.0. The minimum atomic E-state index is -0.619. The average molecular weight is 376 g/mol. The Kier molecular flexibility index (Phi) is 7.04. The molecule has 2 rings (SSSR count). The molecule has 138 valence electrons. The van der Waals surface area contributed by atoms with E-state index in [1.54, 1.807) is 18.2 Å². The highest BCUT2D eigenvalue weighted by Gasteiger charge is 2.12. The maximum absolute atomic E-state index is 12.0. The first-order valence-corrected chi connectivity index (χ1v) is 8.70. The van der Waals surface area contributed by atoms with E-state index in [4.69, 9.17) is 21.1 Å². The van der Waals surface area contributed by atoms with Crippen LogP contribution < -0.4 is 10.1 Å². The Bertz CT molecular complexity index is 764. The summed E-state index contributed by atoms with van der Waals surface area (Å²) in [6.45, 7) is 5.16. The van der Waals surface area contributed by atoms with E-state index in [9.17, 15) is 9.59 Å². The van der Waals surface area contributed by atoms with Crippen LogP contribution in [-0.4, -0.2) is 25.1 Å². The van der Waals surface area contributed by atoms with E-state index in [0.29, 0.717) is 16.5 Å². The molecule has 1 amide bonds. The van der Waals surface area contributed by atoms with Crippen LogP contribution in [0, 0.1) is 13.8 Å². The molecule has 0 saturated carbocycles. The molecule has 0 unspecified atom stereocenters. The highest BCUT2D eigenvalue weighted by Crippen LogP contribution is 2.27. The molecule has 0 heterocycles. The van der Waals surface area contributed by atoms with Gasteiger partial charge in [-0.1, -0.05) is 36.7 Å². The van der Waals surface area contributed by atoms with Crippen LogP contribution in [0.15, 0.2) is 36.4 Å². The minimum Gasteiger partial charge on any atom is -0.482 e. The maximum Gasteiger partial charge on any atom is 0.344 e. The van der Waals surface area contributed by atoms with Gasteiger partial charge in [0.2, 0.25) is 0 Å². The molecule has 0 fully saturated rings. The first kappa shape index (κ1) is 19.8. The van der Waals surface area contributed by atoms with E-state index >= 15 is 0 Å². The number of anilines is 1. The minimum absolute atomic E-state index is 0.261. The highest BCUT2D eigenvalue weighted by molar-refractivity contribution is 6.34. The number of hydrogen-bond acceptors (Lipinski definition) is 4. The van der Waals surface area contributed by atoms with Crippen molar-refractivity contribution >= 4 is 29.2 Å². The van der Waals surface area contributed by atoms with Gasteiger partial charge in [-0.2, -0.15) is 0 Å². The van der Waals surface area contributed by atoms with Gasteiger partial charge in [-0.15, -0.1) is 0 Å². The number of esters is 1. The summed E-state index contributed by atoms with van der Waals surface area (Å²) < 4.78 is 10.3. The first-order chi connectivity index (χ1) is 12.4. The summed E-state index contributed by atoms with van der Waals surface area (Å²) in [5.41, 5.74) is 3.54. The number of rotatable bonds is 7. The van der Waals surface area contributed by atoms with Crippen molar-refractivity contribution in [2.45, 2.75) is 27.2 Å². The Labute approximate surface area is 158 Å². The largest absolute Gasteiger partial charge is 0.482 e. The van der Waals surface area contributed by atoms with Gasteiger partial charge in [0.25, 0.3) is 5.91 Å². The molecule has 0 aliphatic carbocycles. The number of hydrogen-bond donors (Lipinski definition) is 1. The molecule has 0 atom stereocenters. The second-order valence-electron chi connectivity index (χ2n) is 5.93. The number of carbonyl (C=O) groups excluding carboxylic acids is 2. The Hall–Kier alpha value is -2.53. The fourth-order valence-electron chi connectivity index (χ4n) is 2.40. The van der Waals surface area contributed by atoms with Gasteiger partial charge in [0.15, 0.2) is 13.2 Å². The average Bonchev–Trinajstić information content (AvgIpc) is 2.61. The molecule has 0 saturated heterocycles.